The first-order chi connectivity index (χ1) is 9.59. The number of hydrogen-bond acceptors (Lipinski definition) is 4. The molecule has 0 unspecified atom stereocenters. The predicted molar refractivity (Wildman–Crippen MR) is 75.5 cm³/mol. The highest BCUT2D eigenvalue weighted by atomic mass is 16.2. The van der Waals surface area contributed by atoms with Crippen LogP contribution in [0.15, 0.2) is 28.2 Å². The molecule has 2 aromatic rings. The van der Waals surface area contributed by atoms with Crippen molar-refractivity contribution in [1.82, 2.24) is 24.4 Å². The normalized spacial score (nSPS) is 10.9. The third-order valence-electron chi connectivity index (χ3n) is 3.15. The Morgan fingerprint density at radius 2 is 2.15 bits per heavy atom. The first-order valence-corrected chi connectivity index (χ1v) is 6.54. The van der Waals surface area contributed by atoms with Gasteiger partial charge in [0.15, 0.2) is 0 Å². The van der Waals surface area contributed by atoms with Crippen molar-refractivity contribution in [3.8, 4) is 0 Å². The van der Waals surface area contributed by atoms with Crippen LogP contribution in [0.3, 0.4) is 0 Å². The van der Waals surface area contributed by atoms with Gasteiger partial charge in [0.05, 0.1) is 0 Å². The molecule has 0 spiro atoms. The molecule has 0 aromatic carbocycles. The van der Waals surface area contributed by atoms with Gasteiger partial charge in [-0.05, 0) is 13.0 Å². The fourth-order valence-corrected chi connectivity index (χ4v) is 2.04. The number of aromatic nitrogens is 4. The van der Waals surface area contributed by atoms with Crippen LogP contribution >= 0.6 is 0 Å². The van der Waals surface area contributed by atoms with Crippen LogP contribution in [0.1, 0.15) is 17.8 Å². The third kappa shape index (κ3) is 3.24. The second-order valence-corrected chi connectivity index (χ2v) is 4.73. The molecule has 108 valence electrons. The minimum atomic E-state index is -0.309. The van der Waals surface area contributed by atoms with Crippen LogP contribution in [0, 0.1) is 0 Å². The van der Waals surface area contributed by atoms with Crippen molar-refractivity contribution < 1.29 is 0 Å². The van der Waals surface area contributed by atoms with E-state index in [9.17, 15) is 9.59 Å². The van der Waals surface area contributed by atoms with E-state index in [1.54, 1.807) is 25.6 Å². The number of imidazole rings is 1. The van der Waals surface area contributed by atoms with Crippen molar-refractivity contribution in [3.63, 3.8) is 0 Å². The number of hydrogen-bond donors (Lipinski definition) is 2. The molecule has 0 saturated carbocycles. The summed E-state index contributed by atoms with van der Waals surface area (Å²) in [5.41, 5.74) is 0.0378. The quantitative estimate of drug-likeness (QED) is 0.699. The van der Waals surface area contributed by atoms with Gasteiger partial charge in [0, 0.05) is 51.2 Å². The maximum atomic E-state index is 11.9. The van der Waals surface area contributed by atoms with Crippen LogP contribution in [0.5, 0.6) is 0 Å². The highest BCUT2D eigenvalue weighted by Crippen LogP contribution is 1.94. The fraction of sp³-hybridized carbons (Fsp3) is 0.462. The summed E-state index contributed by atoms with van der Waals surface area (Å²) in [5, 5.41) is 3.21. The van der Waals surface area contributed by atoms with Crippen LogP contribution in [0.25, 0.3) is 0 Å². The van der Waals surface area contributed by atoms with Gasteiger partial charge in [-0.3, -0.25) is 9.36 Å². The van der Waals surface area contributed by atoms with Crippen LogP contribution in [-0.2, 0) is 27.1 Å². The molecule has 20 heavy (non-hydrogen) atoms. The molecule has 0 amide bonds. The van der Waals surface area contributed by atoms with Crippen LogP contribution in [0.2, 0.25) is 0 Å². The molecule has 0 aliphatic heterocycles. The summed E-state index contributed by atoms with van der Waals surface area (Å²) in [4.78, 5) is 30.6. The molecule has 2 N–H and O–H groups in total. The van der Waals surface area contributed by atoms with Crippen molar-refractivity contribution in [2.75, 3.05) is 6.54 Å². The molecule has 2 rings (SSSR count). The van der Waals surface area contributed by atoms with E-state index in [1.165, 1.54) is 11.6 Å². The van der Waals surface area contributed by atoms with E-state index >= 15 is 0 Å². The Balaban J connectivity index is 1.85. The van der Waals surface area contributed by atoms with E-state index in [2.05, 4.69) is 15.3 Å². The van der Waals surface area contributed by atoms with Gasteiger partial charge < -0.3 is 14.9 Å². The number of rotatable bonds is 6. The minimum absolute atomic E-state index is 0.244. The molecule has 0 bridgehead atoms. The monoisotopic (exact) mass is 277 g/mol. The summed E-state index contributed by atoms with van der Waals surface area (Å²) in [5.74, 6) is 0.963. The van der Waals surface area contributed by atoms with E-state index in [1.807, 2.05) is 0 Å². The van der Waals surface area contributed by atoms with Gasteiger partial charge in [-0.25, -0.2) is 9.78 Å². The Bertz CT molecular complexity index is 669. The molecule has 0 aliphatic rings. The third-order valence-corrected chi connectivity index (χ3v) is 3.15. The second-order valence-electron chi connectivity index (χ2n) is 4.73. The van der Waals surface area contributed by atoms with Crippen molar-refractivity contribution in [2.45, 2.75) is 19.4 Å². The molecule has 2 heterocycles. The molecule has 0 radical (unpaired) electrons. The Morgan fingerprint density at radius 1 is 1.35 bits per heavy atom. The summed E-state index contributed by atoms with van der Waals surface area (Å²) < 4.78 is 2.54. The number of H-pyrrole nitrogens is 1. The first-order valence-electron chi connectivity index (χ1n) is 6.54. The highest BCUT2D eigenvalue weighted by Gasteiger charge is 2.06. The molecule has 0 fully saturated rings. The van der Waals surface area contributed by atoms with E-state index in [0.717, 1.165) is 29.8 Å². The lowest BCUT2D eigenvalue weighted by atomic mass is 10.3. The summed E-state index contributed by atoms with van der Waals surface area (Å²) in [7, 11) is 3.13. The zero-order chi connectivity index (χ0) is 14.5. The van der Waals surface area contributed by atoms with Gasteiger partial charge in [-0.1, -0.05) is 0 Å². The molecule has 0 aliphatic carbocycles. The fourth-order valence-electron chi connectivity index (χ4n) is 2.04. The van der Waals surface area contributed by atoms with E-state index in [-0.39, 0.29) is 11.2 Å². The van der Waals surface area contributed by atoms with E-state index in [0.29, 0.717) is 12.1 Å². The number of aryl methyl sites for hydroxylation is 2. The summed E-state index contributed by atoms with van der Waals surface area (Å²) in [6.45, 7) is 1.24. The van der Waals surface area contributed by atoms with Crippen molar-refractivity contribution in [1.29, 1.82) is 0 Å². The topological polar surface area (TPSA) is 84.7 Å². The number of nitrogens with zero attached hydrogens (tertiary/aromatic N) is 3. The molecule has 2 aromatic heterocycles. The largest absolute Gasteiger partial charge is 0.349 e. The van der Waals surface area contributed by atoms with Crippen LogP contribution < -0.4 is 16.6 Å². The Morgan fingerprint density at radius 3 is 2.85 bits per heavy atom. The van der Waals surface area contributed by atoms with Crippen LogP contribution in [-0.4, -0.2) is 25.6 Å². The van der Waals surface area contributed by atoms with Crippen molar-refractivity contribution in [2.24, 2.45) is 14.1 Å². The van der Waals surface area contributed by atoms with Crippen molar-refractivity contribution >= 4 is 0 Å². The molecular formula is C13H19N5O2. The van der Waals surface area contributed by atoms with Gasteiger partial charge in [0.1, 0.15) is 5.82 Å². The average molecular weight is 277 g/mol. The summed E-state index contributed by atoms with van der Waals surface area (Å²) >= 11 is 0. The Labute approximate surface area is 116 Å². The molecule has 7 heteroatoms. The zero-order valence-corrected chi connectivity index (χ0v) is 11.7. The highest BCUT2D eigenvalue weighted by molar-refractivity contribution is 5.05. The number of nitrogens with one attached hydrogen (secondary N) is 2. The minimum Gasteiger partial charge on any atom is -0.349 e. The maximum absolute atomic E-state index is 11.9. The number of aromatic amines is 1. The van der Waals surface area contributed by atoms with Gasteiger partial charge in [-0.15, -0.1) is 0 Å². The standard InChI is InChI=1S/C13H19N5O2/c1-17-9-10(12(19)18(2)13(17)20)8-14-5-3-4-11-15-6-7-16-11/h6-7,9,14H,3-5,8H2,1-2H3,(H,15,16). The summed E-state index contributed by atoms with van der Waals surface area (Å²) in [6.07, 6.45) is 6.92. The smallest absolute Gasteiger partial charge is 0.330 e. The Hall–Kier alpha value is -2.15. The van der Waals surface area contributed by atoms with Gasteiger partial charge in [0.2, 0.25) is 0 Å². The molecule has 7 nitrogen and oxygen atoms in total. The van der Waals surface area contributed by atoms with Gasteiger partial charge in [-0.2, -0.15) is 0 Å². The summed E-state index contributed by atoms with van der Waals surface area (Å²) in [6, 6.07) is 0. The average Bonchev–Trinajstić information content (AvgIpc) is 2.94. The predicted octanol–water partition coefficient (Wildman–Crippen LogP) is -0.470. The van der Waals surface area contributed by atoms with Crippen LogP contribution in [0.4, 0.5) is 0 Å². The lowest BCUT2D eigenvalue weighted by Gasteiger charge is -2.07. The molecule has 0 saturated heterocycles. The second kappa shape index (κ2) is 6.33. The van der Waals surface area contributed by atoms with E-state index < -0.39 is 0 Å². The lowest BCUT2D eigenvalue weighted by Crippen LogP contribution is -2.39. The Kier molecular flexibility index (Phi) is 4.52. The lowest BCUT2D eigenvalue weighted by molar-refractivity contribution is 0.611. The van der Waals surface area contributed by atoms with Gasteiger partial charge >= 0.3 is 5.69 Å². The molecule has 0 atom stereocenters. The molecular weight excluding hydrogens is 258 g/mol. The maximum Gasteiger partial charge on any atom is 0.330 e. The van der Waals surface area contributed by atoms with E-state index in [4.69, 9.17) is 0 Å². The van der Waals surface area contributed by atoms with Crippen molar-refractivity contribution in [3.05, 3.63) is 50.8 Å². The SMILES string of the molecule is Cn1cc(CNCCCc2ncc[nH]2)c(=O)n(C)c1=O. The van der Waals surface area contributed by atoms with Gasteiger partial charge in [0.25, 0.3) is 5.56 Å². The first kappa shape index (κ1) is 14.3. The zero-order valence-electron chi connectivity index (χ0n) is 11.7.